The van der Waals surface area contributed by atoms with Gasteiger partial charge >= 0.3 is 6.03 Å². The molecule has 7 heteroatoms. The summed E-state index contributed by atoms with van der Waals surface area (Å²) >= 11 is 0. The summed E-state index contributed by atoms with van der Waals surface area (Å²) in [5, 5.41) is 5.77. The molecule has 7 nitrogen and oxygen atoms in total. The lowest BCUT2D eigenvalue weighted by molar-refractivity contribution is -0.134. The van der Waals surface area contributed by atoms with Crippen LogP contribution in [0.5, 0.6) is 0 Å². The first-order chi connectivity index (χ1) is 10.6. The Labute approximate surface area is 124 Å². The van der Waals surface area contributed by atoms with Crippen LogP contribution in [0.25, 0.3) is 10.8 Å². The highest BCUT2D eigenvalue weighted by molar-refractivity contribution is 6.01. The zero-order valence-electron chi connectivity index (χ0n) is 11.5. The first-order valence-electron chi connectivity index (χ1n) is 6.81. The third-order valence-electron chi connectivity index (χ3n) is 3.57. The van der Waals surface area contributed by atoms with Crippen LogP contribution < -0.4 is 16.2 Å². The number of hydrogen-bond acceptors (Lipinski definition) is 4. The fourth-order valence-electron chi connectivity index (χ4n) is 2.40. The van der Waals surface area contributed by atoms with E-state index in [0.29, 0.717) is 5.39 Å². The van der Waals surface area contributed by atoms with E-state index in [1.54, 1.807) is 30.3 Å². The SMILES string of the molecule is O=C1CCC(NC(=O)n2ccc3ccccc3c2=O)C(=O)N1. The average Bonchev–Trinajstić information content (AvgIpc) is 2.50. The quantitative estimate of drug-likeness (QED) is 0.743. The highest BCUT2D eigenvalue weighted by atomic mass is 16.2. The van der Waals surface area contributed by atoms with Gasteiger partial charge in [-0.05, 0) is 23.9 Å². The van der Waals surface area contributed by atoms with Gasteiger partial charge in [-0.1, -0.05) is 18.2 Å². The number of rotatable bonds is 1. The maximum absolute atomic E-state index is 12.3. The number of carbonyl (C=O) groups excluding carboxylic acids is 3. The van der Waals surface area contributed by atoms with Crippen molar-refractivity contribution >= 4 is 28.6 Å². The van der Waals surface area contributed by atoms with E-state index in [9.17, 15) is 19.2 Å². The number of nitrogens with one attached hydrogen (secondary N) is 2. The Morgan fingerprint density at radius 1 is 1.18 bits per heavy atom. The molecule has 1 unspecified atom stereocenters. The molecule has 3 rings (SSSR count). The van der Waals surface area contributed by atoms with E-state index < -0.39 is 23.5 Å². The minimum Gasteiger partial charge on any atom is -0.325 e. The number of aromatic nitrogens is 1. The van der Waals surface area contributed by atoms with E-state index in [4.69, 9.17) is 0 Å². The summed E-state index contributed by atoms with van der Waals surface area (Å²) in [6, 6.07) is 7.07. The lowest BCUT2D eigenvalue weighted by Gasteiger charge is -2.21. The van der Waals surface area contributed by atoms with Crippen LogP contribution in [0.15, 0.2) is 41.3 Å². The van der Waals surface area contributed by atoms with Gasteiger partial charge in [0, 0.05) is 18.0 Å². The van der Waals surface area contributed by atoms with Gasteiger partial charge in [0.15, 0.2) is 0 Å². The maximum atomic E-state index is 12.3. The normalized spacial score (nSPS) is 18.1. The van der Waals surface area contributed by atoms with Crippen LogP contribution in [0.2, 0.25) is 0 Å². The fourth-order valence-corrected chi connectivity index (χ4v) is 2.40. The van der Waals surface area contributed by atoms with Gasteiger partial charge in [-0.3, -0.25) is 19.7 Å². The highest BCUT2D eigenvalue weighted by Gasteiger charge is 2.28. The van der Waals surface area contributed by atoms with Gasteiger partial charge in [-0.2, -0.15) is 0 Å². The number of benzene rings is 1. The van der Waals surface area contributed by atoms with E-state index in [0.717, 1.165) is 9.95 Å². The topological polar surface area (TPSA) is 97.3 Å². The van der Waals surface area contributed by atoms with Crippen molar-refractivity contribution in [3.8, 4) is 0 Å². The van der Waals surface area contributed by atoms with Crippen LogP contribution in [0.3, 0.4) is 0 Å². The molecule has 112 valence electrons. The molecule has 1 aromatic heterocycles. The Kier molecular flexibility index (Phi) is 3.46. The molecule has 1 fully saturated rings. The number of nitrogens with zero attached hydrogens (tertiary/aromatic N) is 1. The van der Waals surface area contributed by atoms with E-state index in [1.807, 2.05) is 0 Å². The molecule has 22 heavy (non-hydrogen) atoms. The molecule has 2 heterocycles. The van der Waals surface area contributed by atoms with Crippen molar-refractivity contribution in [2.45, 2.75) is 18.9 Å². The Morgan fingerprint density at radius 3 is 2.73 bits per heavy atom. The van der Waals surface area contributed by atoms with Crippen molar-refractivity contribution in [2.24, 2.45) is 0 Å². The summed E-state index contributed by atoms with van der Waals surface area (Å²) in [5.74, 6) is -0.920. The summed E-state index contributed by atoms with van der Waals surface area (Å²) in [6.07, 6.45) is 1.74. The van der Waals surface area contributed by atoms with Crippen molar-refractivity contribution in [2.75, 3.05) is 0 Å². The second-order valence-electron chi connectivity index (χ2n) is 5.03. The lowest BCUT2D eigenvalue weighted by atomic mass is 10.1. The lowest BCUT2D eigenvalue weighted by Crippen LogP contribution is -2.53. The Balaban J connectivity index is 1.87. The minimum absolute atomic E-state index is 0.156. The van der Waals surface area contributed by atoms with Crippen LogP contribution in [-0.2, 0) is 9.59 Å². The fraction of sp³-hybridized carbons (Fsp3) is 0.200. The first kappa shape index (κ1) is 14.0. The molecule has 0 radical (unpaired) electrons. The minimum atomic E-state index is -0.816. The van der Waals surface area contributed by atoms with Crippen molar-refractivity contribution in [3.63, 3.8) is 0 Å². The molecule has 0 saturated carbocycles. The van der Waals surface area contributed by atoms with Crippen LogP contribution in [-0.4, -0.2) is 28.5 Å². The standard InChI is InChI=1S/C15H13N3O4/c19-12-6-5-11(13(20)17-12)16-15(22)18-8-7-9-3-1-2-4-10(9)14(18)21/h1-4,7-8,11H,5-6H2,(H,16,22)(H,17,19,20). The second-order valence-corrected chi connectivity index (χ2v) is 5.03. The molecule has 1 aliphatic rings. The van der Waals surface area contributed by atoms with Crippen molar-refractivity contribution in [1.82, 2.24) is 15.2 Å². The number of imide groups is 1. The first-order valence-corrected chi connectivity index (χ1v) is 6.81. The molecule has 1 aliphatic heterocycles. The summed E-state index contributed by atoms with van der Waals surface area (Å²) in [4.78, 5) is 47.2. The molecule has 1 saturated heterocycles. The molecule has 2 aromatic rings. The van der Waals surface area contributed by atoms with Crippen LogP contribution in [0, 0.1) is 0 Å². The van der Waals surface area contributed by atoms with Gasteiger partial charge in [0.25, 0.3) is 5.56 Å². The monoisotopic (exact) mass is 299 g/mol. The Bertz CT molecular complexity index is 840. The zero-order chi connectivity index (χ0) is 15.7. The van der Waals surface area contributed by atoms with E-state index in [-0.39, 0.29) is 18.7 Å². The summed E-state index contributed by atoms with van der Waals surface area (Å²) in [7, 11) is 0. The molecule has 0 aliphatic carbocycles. The summed E-state index contributed by atoms with van der Waals surface area (Å²) in [6.45, 7) is 0. The smallest absolute Gasteiger partial charge is 0.325 e. The van der Waals surface area contributed by atoms with Crippen LogP contribution >= 0.6 is 0 Å². The van der Waals surface area contributed by atoms with Crippen LogP contribution in [0.4, 0.5) is 4.79 Å². The van der Waals surface area contributed by atoms with Gasteiger partial charge in [0.2, 0.25) is 11.8 Å². The number of carbonyl (C=O) groups is 3. The highest BCUT2D eigenvalue weighted by Crippen LogP contribution is 2.08. The van der Waals surface area contributed by atoms with Gasteiger partial charge < -0.3 is 5.32 Å². The van der Waals surface area contributed by atoms with Gasteiger partial charge in [-0.25, -0.2) is 9.36 Å². The molecule has 1 aromatic carbocycles. The number of piperidine rings is 1. The largest absolute Gasteiger partial charge is 0.329 e. The van der Waals surface area contributed by atoms with E-state index >= 15 is 0 Å². The van der Waals surface area contributed by atoms with Gasteiger partial charge in [-0.15, -0.1) is 0 Å². The van der Waals surface area contributed by atoms with Crippen molar-refractivity contribution < 1.29 is 14.4 Å². The molecule has 0 spiro atoms. The summed E-state index contributed by atoms with van der Waals surface area (Å²) < 4.78 is 0.923. The number of pyridine rings is 1. The van der Waals surface area contributed by atoms with Gasteiger partial charge in [0.05, 0.1) is 0 Å². The number of amides is 3. The van der Waals surface area contributed by atoms with Gasteiger partial charge in [0.1, 0.15) is 6.04 Å². The predicted molar refractivity (Wildman–Crippen MR) is 78.3 cm³/mol. The molecule has 3 amide bonds. The number of hydrogen-bond donors (Lipinski definition) is 2. The van der Waals surface area contributed by atoms with E-state index in [2.05, 4.69) is 10.6 Å². The number of fused-ring (bicyclic) bond motifs is 1. The average molecular weight is 299 g/mol. The zero-order valence-corrected chi connectivity index (χ0v) is 11.5. The third-order valence-corrected chi connectivity index (χ3v) is 3.57. The molecular formula is C15H13N3O4. The van der Waals surface area contributed by atoms with E-state index in [1.165, 1.54) is 6.20 Å². The molecule has 0 bridgehead atoms. The second kappa shape index (κ2) is 5.44. The predicted octanol–water partition coefficient (Wildman–Crippen LogP) is 0.364. The van der Waals surface area contributed by atoms with Crippen molar-refractivity contribution in [3.05, 3.63) is 46.9 Å². The molecular weight excluding hydrogens is 286 g/mol. The van der Waals surface area contributed by atoms with Crippen LogP contribution in [0.1, 0.15) is 12.8 Å². The summed E-state index contributed by atoms with van der Waals surface area (Å²) in [5.41, 5.74) is -0.456. The van der Waals surface area contributed by atoms with Crippen molar-refractivity contribution in [1.29, 1.82) is 0 Å². The maximum Gasteiger partial charge on any atom is 0.329 e. The Morgan fingerprint density at radius 2 is 1.95 bits per heavy atom. The molecule has 1 atom stereocenters. The Hall–Kier alpha value is -2.96. The third kappa shape index (κ3) is 2.48. The molecule has 2 N–H and O–H groups in total.